The number of thioether (sulfide) groups is 1. The second-order valence-corrected chi connectivity index (χ2v) is 7.36. The molecule has 3 nitrogen and oxygen atoms in total. The molecule has 1 aromatic rings. The van der Waals surface area contributed by atoms with Crippen LogP contribution in [-0.4, -0.2) is 29.1 Å². The number of hydrogen-bond donors (Lipinski definition) is 2. The number of carbonyl (C=O) groups is 1. The van der Waals surface area contributed by atoms with Gasteiger partial charge in [0.15, 0.2) is 0 Å². The first-order valence-corrected chi connectivity index (χ1v) is 9.35. The first kappa shape index (κ1) is 17.4. The van der Waals surface area contributed by atoms with Gasteiger partial charge in [-0.15, -0.1) is 0 Å². The molecule has 0 fully saturated rings. The van der Waals surface area contributed by atoms with Gasteiger partial charge in [0.05, 0.1) is 11.8 Å². The lowest BCUT2D eigenvalue weighted by atomic mass is 9.89. The molecule has 0 aromatic heterocycles. The fourth-order valence-corrected chi connectivity index (χ4v) is 3.69. The van der Waals surface area contributed by atoms with E-state index in [0.717, 1.165) is 5.75 Å². The summed E-state index contributed by atoms with van der Waals surface area (Å²) in [5.41, 5.74) is 4.13. The van der Waals surface area contributed by atoms with Crippen molar-refractivity contribution < 1.29 is 9.90 Å². The van der Waals surface area contributed by atoms with Gasteiger partial charge in [-0.1, -0.05) is 25.1 Å². The molecule has 2 unspecified atom stereocenters. The standard InChI is InChI=1S/C18H27NO2S/c1-13(10-20)11-22-12-18(21)19-14(2)16-8-7-15-5-3-4-6-17(15)9-16/h7-9,13-14,20H,3-6,10-12H2,1-2H3,(H,19,21). The number of fused-ring (bicyclic) bond motifs is 1. The summed E-state index contributed by atoms with van der Waals surface area (Å²) in [6.45, 7) is 4.21. The number of carbonyl (C=O) groups excluding carboxylic acids is 1. The van der Waals surface area contributed by atoms with Crippen molar-refractivity contribution in [2.45, 2.75) is 45.6 Å². The van der Waals surface area contributed by atoms with E-state index in [1.807, 2.05) is 13.8 Å². The Kier molecular flexibility index (Phi) is 6.77. The molecular weight excluding hydrogens is 294 g/mol. The van der Waals surface area contributed by atoms with Gasteiger partial charge in [0, 0.05) is 6.61 Å². The number of nitrogens with one attached hydrogen (secondary N) is 1. The molecule has 122 valence electrons. The summed E-state index contributed by atoms with van der Waals surface area (Å²) in [6.07, 6.45) is 4.92. The van der Waals surface area contributed by atoms with Crippen molar-refractivity contribution in [1.82, 2.24) is 5.32 Å². The van der Waals surface area contributed by atoms with Gasteiger partial charge in [0.25, 0.3) is 0 Å². The Hall–Kier alpha value is -1.00. The van der Waals surface area contributed by atoms with Crippen molar-refractivity contribution in [3.8, 4) is 0 Å². The van der Waals surface area contributed by atoms with E-state index in [0.29, 0.717) is 5.75 Å². The quantitative estimate of drug-likeness (QED) is 0.811. The highest BCUT2D eigenvalue weighted by Crippen LogP contribution is 2.24. The summed E-state index contributed by atoms with van der Waals surface area (Å²) < 4.78 is 0. The zero-order valence-electron chi connectivity index (χ0n) is 13.6. The first-order valence-electron chi connectivity index (χ1n) is 8.19. The van der Waals surface area contributed by atoms with Crippen molar-refractivity contribution in [3.05, 3.63) is 34.9 Å². The van der Waals surface area contributed by atoms with Crippen LogP contribution < -0.4 is 5.32 Å². The van der Waals surface area contributed by atoms with Crippen LogP contribution in [0, 0.1) is 5.92 Å². The maximum Gasteiger partial charge on any atom is 0.230 e. The molecular formula is C18H27NO2S. The molecule has 0 saturated heterocycles. The van der Waals surface area contributed by atoms with Gasteiger partial charge in [0.2, 0.25) is 5.91 Å². The van der Waals surface area contributed by atoms with Crippen LogP contribution in [0.25, 0.3) is 0 Å². The van der Waals surface area contributed by atoms with E-state index >= 15 is 0 Å². The molecule has 22 heavy (non-hydrogen) atoms. The zero-order valence-corrected chi connectivity index (χ0v) is 14.4. The van der Waals surface area contributed by atoms with E-state index in [2.05, 4.69) is 23.5 Å². The van der Waals surface area contributed by atoms with Gasteiger partial charge in [-0.2, -0.15) is 11.8 Å². The molecule has 1 aliphatic carbocycles. The molecule has 1 aromatic carbocycles. The van der Waals surface area contributed by atoms with E-state index in [4.69, 9.17) is 5.11 Å². The SMILES string of the molecule is CC(CO)CSCC(=O)NC(C)c1ccc2c(c1)CCCC2. The molecule has 0 aliphatic heterocycles. The largest absolute Gasteiger partial charge is 0.396 e. The Morgan fingerprint density at radius 1 is 1.27 bits per heavy atom. The smallest absolute Gasteiger partial charge is 0.230 e. The van der Waals surface area contributed by atoms with E-state index in [-0.39, 0.29) is 24.5 Å². The maximum absolute atomic E-state index is 12.0. The zero-order chi connectivity index (χ0) is 15.9. The van der Waals surface area contributed by atoms with Crippen molar-refractivity contribution in [2.75, 3.05) is 18.1 Å². The van der Waals surface area contributed by atoms with Gasteiger partial charge in [-0.25, -0.2) is 0 Å². The highest BCUT2D eigenvalue weighted by Gasteiger charge is 2.14. The molecule has 2 N–H and O–H groups in total. The Bertz CT molecular complexity index is 504. The average molecular weight is 321 g/mol. The molecule has 0 bridgehead atoms. The van der Waals surface area contributed by atoms with Crippen molar-refractivity contribution in [2.24, 2.45) is 5.92 Å². The van der Waals surface area contributed by atoms with Crippen LogP contribution in [0.3, 0.4) is 0 Å². The minimum atomic E-state index is 0.0515. The topological polar surface area (TPSA) is 49.3 Å². The molecule has 1 aliphatic rings. The Labute approximate surface area is 137 Å². The van der Waals surface area contributed by atoms with Gasteiger partial charge in [-0.3, -0.25) is 4.79 Å². The average Bonchev–Trinajstić information content (AvgIpc) is 2.54. The third kappa shape index (κ3) is 5.03. The highest BCUT2D eigenvalue weighted by molar-refractivity contribution is 7.99. The molecule has 2 rings (SSSR count). The summed E-state index contributed by atoms with van der Waals surface area (Å²) in [6, 6.07) is 6.69. The summed E-state index contributed by atoms with van der Waals surface area (Å²) in [5.74, 6) is 1.59. The fraction of sp³-hybridized carbons (Fsp3) is 0.611. The Morgan fingerprint density at radius 3 is 2.73 bits per heavy atom. The summed E-state index contributed by atoms with van der Waals surface area (Å²) in [5, 5.41) is 12.0. The molecule has 2 atom stereocenters. The lowest BCUT2D eigenvalue weighted by Crippen LogP contribution is -2.28. The number of aryl methyl sites for hydroxylation is 2. The van der Waals surface area contributed by atoms with Crippen LogP contribution in [0.1, 0.15) is 49.4 Å². The molecule has 0 radical (unpaired) electrons. The number of hydrogen-bond acceptors (Lipinski definition) is 3. The van der Waals surface area contributed by atoms with Gasteiger partial charge in [-0.05, 0) is 61.0 Å². The minimum Gasteiger partial charge on any atom is -0.396 e. The second kappa shape index (κ2) is 8.59. The van der Waals surface area contributed by atoms with Crippen LogP contribution in [0.5, 0.6) is 0 Å². The lowest BCUT2D eigenvalue weighted by Gasteiger charge is -2.20. The molecule has 0 saturated carbocycles. The number of amides is 1. The van der Waals surface area contributed by atoms with E-state index < -0.39 is 0 Å². The van der Waals surface area contributed by atoms with E-state index in [9.17, 15) is 4.79 Å². The molecule has 0 spiro atoms. The number of rotatable bonds is 7. The Balaban J connectivity index is 1.83. The molecule has 4 heteroatoms. The number of aliphatic hydroxyl groups is 1. The van der Waals surface area contributed by atoms with Crippen molar-refractivity contribution in [1.29, 1.82) is 0 Å². The van der Waals surface area contributed by atoms with E-state index in [1.165, 1.54) is 42.4 Å². The van der Waals surface area contributed by atoms with E-state index in [1.54, 1.807) is 11.8 Å². The van der Waals surface area contributed by atoms with Gasteiger partial charge >= 0.3 is 0 Å². The monoisotopic (exact) mass is 321 g/mol. The maximum atomic E-state index is 12.0. The predicted molar refractivity (Wildman–Crippen MR) is 93.2 cm³/mol. The van der Waals surface area contributed by atoms with Crippen LogP contribution in [0.15, 0.2) is 18.2 Å². The second-order valence-electron chi connectivity index (χ2n) is 6.33. The van der Waals surface area contributed by atoms with Crippen LogP contribution in [0.4, 0.5) is 0 Å². The van der Waals surface area contributed by atoms with Crippen molar-refractivity contribution >= 4 is 17.7 Å². The summed E-state index contributed by atoms with van der Waals surface area (Å²) in [7, 11) is 0. The normalized spacial score (nSPS) is 16.7. The molecule has 0 heterocycles. The van der Waals surface area contributed by atoms with Gasteiger partial charge in [0.1, 0.15) is 0 Å². The van der Waals surface area contributed by atoms with Gasteiger partial charge < -0.3 is 10.4 Å². The van der Waals surface area contributed by atoms with Crippen LogP contribution in [-0.2, 0) is 17.6 Å². The van der Waals surface area contributed by atoms with Crippen LogP contribution >= 0.6 is 11.8 Å². The van der Waals surface area contributed by atoms with Crippen molar-refractivity contribution in [3.63, 3.8) is 0 Å². The fourth-order valence-electron chi connectivity index (χ4n) is 2.79. The third-order valence-corrected chi connectivity index (χ3v) is 5.47. The summed E-state index contributed by atoms with van der Waals surface area (Å²) in [4.78, 5) is 12.0. The first-order chi connectivity index (χ1) is 10.6. The Morgan fingerprint density at radius 2 is 2.00 bits per heavy atom. The number of benzene rings is 1. The van der Waals surface area contributed by atoms with Crippen LogP contribution in [0.2, 0.25) is 0 Å². The minimum absolute atomic E-state index is 0.0515. The lowest BCUT2D eigenvalue weighted by molar-refractivity contribution is -0.119. The third-order valence-electron chi connectivity index (χ3n) is 4.20. The predicted octanol–water partition coefficient (Wildman–Crippen LogP) is 3.10. The highest BCUT2D eigenvalue weighted by atomic mass is 32.2. The summed E-state index contributed by atoms with van der Waals surface area (Å²) >= 11 is 1.58. The molecule has 1 amide bonds. The number of aliphatic hydroxyl groups excluding tert-OH is 1.